The zero-order valence-corrected chi connectivity index (χ0v) is 10.6. The maximum atomic E-state index is 13.5. The number of carbonyl (C=O) groups excluding carboxylic acids is 1. The van der Waals surface area contributed by atoms with Crippen LogP contribution in [0.15, 0.2) is 18.2 Å². The van der Waals surface area contributed by atoms with Crippen LogP contribution in [0.25, 0.3) is 0 Å². The Bertz CT molecular complexity index is 448. The second kappa shape index (κ2) is 6.49. The van der Waals surface area contributed by atoms with E-state index in [4.69, 9.17) is 15.2 Å². The van der Waals surface area contributed by atoms with Gasteiger partial charge in [0.1, 0.15) is 11.6 Å². The van der Waals surface area contributed by atoms with Gasteiger partial charge in [-0.05, 0) is 6.07 Å². The number of nitrogens with zero attached hydrogens (tertiary/aromatic N) is 1. The molecule has 0 aromatic heterocycles. The monoisotopic (exact) mass is 268 g/mol. The third kappa shape index (κ3) is 3.65. The normalized spacial score (nSPS) is 15.4. The number of amides is 1. The Hall–Kier alpha value is -1.66. The summed E-state index contributed by atoms with van der Waals surface area (Å²) in [4.78, 5) is 13.5. The number of ether oxygens (including phenoxy) is 2. The molecule has 0 saturated carbocycles. The van der Waals surface area contributed by atoms with Gasteiger partial charge >= 0.3 is 0 Å². The number of hydrogen-bond acceptors (Lipinski definition) is 4. The maximum Gasteiger partial charge on any atom is 0.260 e. The maximum absolute atomic E-state index is 13.5. The minimum atomic E-state index is -0.418. The summed E-state index contributed by atoms with van der Waals surface area (Å²) in [5.41, 5.74) is 5.79. The van der Waals surface area contributed by atoms with E-state index in [-0.39, 0.29) is 19.1 Å². The van der Waals surface area contributed by atoms with Crippen LogP contribution in [0.4, 0.5) is 4.39 Å². The van der Waals surface area contributed by atoms with Crippen LogP contribution in [-0.2, 0) is 16.1 Å². The van der Waals surface area contributed by atoms with Gasteiger partial charge in [-0.1, -0.05) is 6.07 Å². The number of rotatable bonds is 4. The molecule has 1 aliphatic rings. The molecule has 1 saturated heterocycles. The van der Waals surface area contributed by atoms with E-state index in [1.165, 1.54) is 6.07 Å². The van der Waals surface area contributed by atoms with Crippen LogP contribution >= 0.6 is 0 Å². The standard InChI is InChI=1S/C13H17FN2O3/c14-12-7-11(2-1-10(12)8-15)19-9-13(17)16-3-5-18-6-4-16/h1-2,7H,3-6,8-9,15H2. The highest BCUT2D eigenvalue weighted by Gasteiger charge is 2.17. The smallest absolute Gasteiger partial charge is 0.260 e. The topological polar surface area (TPSA) is 64.8 Å². The van der Waals surface area contributed by atoms with Crippen molar-refractivity contribution >= 4 is 5.91 Å². The highest BCUT2D eigenvalue weighted by atomic mass is 19.1. The molecular formula is C13H17FN2O3. The van der Waals surface area contributed by atoms with Gasteiger partial charge in [-0.15, -0.1) is 0 Å². The molecule has 0 bridgehead atoms. The zero-order valence-electron chi connectivity index (χ0n) is 10.6. The van der Waals surface area contributed by atoms with Crippen LogP contribution in [0.5, 0.6) is 5.75 Å². The molecule has 1 heterocycles. The summed E-state index contributed by atoms with van der Waals surface area (Å²) in [6.45, 7) is 2.28. The van der Waals surface area contributed by atoms with Crippen LogP contribution in [0, 0.1) is 5.82 Å². The lowest BCUT2D eigenvalue weighted by molar-refractivity contribution is -0.137. The largest absolute Gasteiger partial charge is 0.484 e. The summed E-state index contributed by atoms with van der Waals surface area (Å²) in [6.07, 6.45) is 0. The minimum Gasteiger partial charge on any atom is -0.484 e. The lowest BCUT2D eigenvalue weighted by Gasteiger charge is -2.26. The van der Waals surface area contributed by atoms with E-state index in [1.54, 1.807) is 17.0 Å². The van der Waals surface area contributed by atoms with Gasteiger partial charge < -0.3 is 20.1 Å². The summed E-state index contributed by atoms with van der Waals surface area (Å²) in [6, 6.07) is 4.41. The van der Waals surface area contributed by atoms with Crippen LogP contribution in [0.3, 0.4) is 0 Å². The van der Waals surface area contributed by atoms with E-state index in [0.29, 0.717) is 37.6 Å². The van der Waals surface area contributed by atoms with E-state index in [0.717, 1.165) is 0 Å². The van der Waals surface area contributed by atoms with Gasteiger partial charge in [0.2, 0.25) is 0 Å². The van der Waals surface area contributed by atoms with Gasteiger partial charge in [-0.25, -0.2) is 4.39 Å². The minimum absolute atomic E-state index is 0.0958. The van der Waals surface area contributed by atoms with Crippen molar-refractivity contribution in [2.75, 3.05) is 32.9 Å². The molecule has 6 heteroatoms. The third-order valence-electron chi connectivity index (χ3n) is 2.97. The molecule has 1 fully saturated rings. The SMILES string of the molecule is NCc1ccc(OCC(=O)N2CCOCC2)cc1F. The van der Waals surface area contributed by atoms with Crippen LogP contribution in [0.1, 0.15) is 5.56 Å². The van der Waals surface area contributed by atoms with Crippen molar-refractivity contribution in [1.82, 2.24) is 4.90 Å². The molecule has 0 aliphatic carbocycles. The summed E-state index contributed by atoms with van der Waals surface area (Å²) < 4.78 is 23.9. The van der Waals surface area contributed by atoms with Crippen molar-refractivity contribution in [3.05, 3.63) is 29.6 Å². The fraction of sp³-hybridized carbons (Fsp3) is 0.462. The molecule has 1 aromatic rings. The number of morpholine rings is 1. The Morgan fingerprint density at radius 3 is 2.79 bits per heavy atom. The molecule has 1 aromatic carbocycles. The molecule has 5 nitrogen and oxygen atoms in total. The van der Waals surface area contributed by atoms with Gasteiger partial charge in [0.25, 0.3) is 5.91 Å². The van der Waals surface area contributed by atoms with Crippen molar-refractivity contribution in [3.63, 3.8) is 0 Å². The number of halogens is 1. The van der Waals surface area contributed by atoms with E-state index >= 15 is 0 Å². The van der Waals surface area contributed by atoms with Gasteiger partial charge in [0.05, 0.1) is 13.2 Å². The number of benzene rings is 1. The average molecular weight is 268 g/mol. The second-order valence-electron chi connectivity index (χ2n) is 4.24. The molecule has 2 rings (SSSR count). The Morgan fingerprint density at radius 1 is 1.42 bits per heavy atom. The van der Waals surface area contributed by atoms with Crippen molar-refractivity contribution in [2.45, 2.75) is 6.54 Å². The second-order valence-corrected chi connectivity index (χ2v) is 4.24. The van der Waals surface area contributed by atoms with E-state index < -0.39 is 5.82 Å². The number of nitrogens with two attached hydrogens (primary N) is 1. The predicted octanol–water partition coefficient (Wildman–Crippen LogP) is 0.522. The summed E-state index contributed by atoms with van der Waals surface area (Å²) in [7, 11) is 0. The molecule has 0 spiro atoms. The summed E-state index contributed by atoms with van der Waals surface area (Å²) in [5.74, 6) is -0.207. The highest BCUT2D eigenvalue weighted by Crippen LogP contribution is 2.16. The van der Waals surface area contributed by atoms with Crippen LogP contribution < -0.4 is 10.5 Å². The first-order chi connectivity index (χ1) is 9.20. The number of carbonyl (C=O) groups is 1. The van der Waals surface area contributed by atoms with E-state index in [2.05, 4.69) is 0 Å². The number of hydrogen-bond donors (Lipinski definition) is 1. The summed E-state index contributed by atoms with van der Waals surface area (Å²) in [5, 5.41) is 0. The van der Waals surface area contributed by atoms with Crippen molar-refractivity contribution in [3.8, 4) is 5.75 Å². The van der Waals surface area contributed by atoms with Crippen molar-refractivity contribution in [2.24, 2.45) is 5.73 Å². The lowest BCUT2D eigenvalue weighted by Crippen LogP contribution is -2.42. The fourth-order valence-corrected chi connectivity index (χ4v) is 1.83. The van der Waals surface area contributed by atoms with Crippen LogP contribution in [0.2, 0.25) is 0 Å². The molecule has 1 aliphatic heterocycles. The van der Waals surface area contributed by atoms with Gasteiger partial charge in [0.15, 0.2) is 6.61 Å². The Morgan fingerprint density at radius 2 is 2.16 bits per heavy atom. The van der Waals surface area contributed by atoms with Crippen molar-refractivity contribution < 1.29 is 18.7 Å². The quantitative estimate of drug-likeness (QED) is 0.864. The average Bonchev–Trinajstić information content (AvgIpc) is 2.46. The molecule has 0 radical (unpaired) electrons. The highest BCUT2D eigenvalue weighted by molar-refractivity contribution is 5.77. The molecule has 19 heavy (non-hydrogen) atoms. The first kappa shape index (κ1) is 13.8. The first-order valence-electron chi connectivity index (χ1n) is 6.17. The Balaban J connectivity index is 1.87. The molecular weight excluding hydrogens is 251 g/mol. The third-order valence-corrected chi connectivity index (χ3v) is 2.97. The lowest BCUT2D eigenvalue weighted by atomic mass is 10.2. The molecule has 0 unspecified atom stereocenters. The van der Waals surface area contributed by atoms with Gasteiger partial charge in [-0.2, -0.15) is 0 Å². The molecule has 104 valence electrons. The first-order valence-corrected chi connectivity index (χ1v) is 6.17. The molecule has 1 amide bonds. The molecule has 2 N–H and O–H groups in total. The van der Waals surface area contributed by atoms with Crippen molar-refractivity contribution in [1.29, 1.82) is 0 Å². The van der Waals surface area contributed by atoms with E-state index in [9.17, 15) is 9.18 Å². The zero-order chi connectivity index (χ0) is 13.7. The van der Waals surface area contributed by atoms with E-state index in [1.807, 2.05) is 0 Å². The van der Waals surface area contributed by atoms with Crippen LogP contribution in [-0.4, -0.2) is 43.7 Å². The summed E-state index contributed by atoms with van der Waals surface area (Å²) >= 11 is 0. The van der Waals surface area contributed by atoms with Gasteiger partial charge in [0, 0.05) is 31.3 Å². The fourth-order valence-electron chi connectivity index (χ4n) is 1.83. The predicted molar refractivity (Wildman–Crippen MR) is 67.2 cm³/mol. The Labute approximate surface area is 111 Å². The molecule has 0 atom stereocenters. The Kier molecular flexibility index (Phi) is 4.70. The van der Waals surface area contributed by atoms with Gasteiger partial charge in [-0.3, -0.25) is 4.79 Å².